The lowest BCUT2D eigenvalue weighted by Gasteiger charge is -2.44. The van der Waals surface area contributed by atoms with Crippen LogP contribution in [0.15, 0.2) is 24.3 Å². The van der Waals surface area contributed by atoms with Crippen molar-refractivity contribution in [1.29, 1.82) is 0 Å². The zero-order chi connectivity index (χ0) is 14.3. The summed E-state index contributed by atoms with van der Waals surface area (Å²) in [4.78, 5) is 14.5. The molecule has 0 radical (unpaired) electrons. The number of rotatable bonds is 1. The molecule has 0 bridgehead atoms. The second-order valence-electron chi connectivity index (χ2n) is 6.36. The molecule has 2 unspecified atom stereocenters. The van der Waals surface area contributed by atoms with Gasteiger partial charge in [0.2, 0.25) is 0 Å². The number of fused-ring (bicyclic) bond motifs is 1. The molecule has 0 saturated carbocycles. The van der Waals surface area contributed by atoms with E-state index in [1.54, 1.807) is 0 Å². The number of anilines is 1. The van der Waals surface area contributed by atoms with Crippen LogP contribution in [0.4, 0.5) is 5.69 Å². The van der Waals surface area contributed by atoms with Crippen LogP contribution in [-0.4, -0.2) is 43.8 Å². The van der Waals surface area contributed by atoms with Gasteiger partial charge in [0.1, 0.15) is 0 Å². The van der Waals surface area contributed by atoms with Gasteiger partial charge in [0.25, 0.3) is 0 Å². The maximum absolute atomic E-state index is 12.1. The summed E-state index contributed by atoms with van der Waals surface area (Å²) in [5.74, 6) is 0.271. The molecule has 112 valence electrons. The molecule has 3 aliphatic heterocycles. The summed E-state index contributed by atoms with van der Waals surface area (Å²) < 4.78 is 11.6. The maximum Gasteiger partial charge on any atom is 0.166 e. The molecule has 0 aliphatic carbocycles. The Balaban J connectivity index is 1.62. The third kappa shape index (κ3) is 2.27. The third-order valence-corrected chi connectivity index (χ3v) is 5.07. The van der Waals surface area contributed by atoms with Gasteiger partial charge in [-0.2, -0.15) is 0 Å². The molecule has 3 heterocycles. The van der Waals surface area contributed by atoms with E-state index in [0.29, 0.717) is 12.5 Å². The Morgan fingerprint density at radius 1 is 1.24 bits per heavy atom. The van der Waals surface area contributed by atoms with Gasteiger partial charge in [0, 0.05) is 49.9 Å². The number of hydrogen-bond acceptors (Lipinski definition) is 4. The number of Topliss-reactive ketones (excluding diaryl/α,β-unsaturated/α-hetero) is 1. The number of ether oxygens (including phenoxy) is 2. The minimum Gasteiger partial charge on any atom is -0.378 e. The number of carbonyl (C=O) groups excluding carboxylic acids is 1. The zero-order valence-electron chi connectivity index (χ0n) is 12.2. The summed E-state index contributed by atoms with van der Waals surface area (Å²) >= 11 is 0. The first-order valence-corrected chi connectivity index (χ1v) is 7.88. The average Bonchev–Trinajstić information content (AvgIpc) is 2.96. The highest BCUT2D eigenvalue weighted by Crippen LogP contribution is 2.38. The van der Waals surface area contributed by atoms with Crippen molar-refractivity contribution >= 4 is 11.5 Å². The molecule has 2 atom stereocenters. The number of hydrogen-bond donors (Lipinski definition) is 0. The van der Waals surface area contributed by atoms with E-state index in [4.69, 9.17) is 9.47 Å². The molecule has 1 aromatic rings. The number of para-hydroxylation sites is 1. The summed E-state index contributed by atoms with van der Waals surface area (Å²) in [6.45, 7) is 3.15. The van der Waals surface area contributed by atoms with E-state index in [2.05, 4.69) is 11.0 Å². The average molecular weight is 287 g/mol. The van der Waals surface area contributed by atoms with E-state index in [-0.39, 0.29) is 11.4 Å². The van der Waals surface area contributed by atoms with Gasteiger partial charge in [0.05, 0.1) is 12.2 Å². The normalized spacial score (nSPS) is 32.5. The van der Waals surface area contributed by atoms with Crippen molar-refractivity contribution in [2.24, 2.45) is 0 Å². The molecule has 4 heteroatoms. The Morgan fingerprint density at radius 3 is 3.00 bits per heavy atom. The predicted molar refractivity (Wildman–Crippen MR) is 79.9 cm³/mol. The Kier molecular flexibility index (Phi) is 3.23. The molecule has 21 heavy (non-hydrogen) atoms. The van der Waals surface area contributed by atoms with Gasteiger partial charge in [0.15, 0.2) is 5.78 Å². The fourth-order valence-corrected chi connectivity index (χ4v) is 3.95. The van der Waals surface area contributed by atoms with Crippen LogP contribution in [0.2, 0.25) is 0 Å². The van der Waals surface area contributed by atoms with Crippen LogP contribution in [0, 0.1) is 0 Å². The Morgan fingerprint density at radius 2 is 2.14 bits per heavy atom. The third-order valence-electron chi connectivity index (χ3n) is 5.07. The van der Waals surface area contributed by atoms with Gasteiger partial charge in [-0.1, -0.05) is 12.1 Å². The first kappa shape index (κ1) is 13.3. The van der Waals surface area contributed by atoms with Crippen LogP contribution >= 0.6 is 0 Å². The van der Waals surface area contributed by atoms with E-state index < -0.39 is 0 Å². The molecule has 4 nitrogen and oxygen atoms in total. The van der Waals surface area contributed by atoms with Gasteiger partial charge >= 0.3 is 0 Å². The number of carbonyl (C=O) groups is 1. The standard InChI is InChI=1S/C17H21NO3/c19-16-5-8-18(15-4-2-1-3-14(15)16)13-6-9-21-17(11-13)7-10-20-12-17/h1-4,13H,5-12H2. The quantitative estimate of drug-likeness (QED) is 0.795. The highest BCUT2D eigenvalue weighted by molar-refractivity contribution is 6.03. The summed E-state index contributed by atoms with van der Waals surface area (Å²) in [6, 6.07) is 8.47. The first-order chi connectivity index (χ1) is 10.3. The van der Waals surface area contributed by atoms with E-state index in [0.717, 1.165) is 56.9 Å². The SMILES string of the molecule is O=C1CCN(C2CCOC3(CCOC3)C2)c2ccccc21. The first-order valence-electron chi connectivity index (χ1n) is 7.88. The van der Waals surface area contributed by atoms with Crippen LogP contribution in [0.3, 0.4) is 0 Å². The minimum atomic E-state index is -0.0840. The van der Waals surface area contributed by atoms with Crippen LogP contribution in [0.5, 0.6) is 0 Å². The van der Waals surface area contributed by atoms with Crippen LogP contribution in [0.1, 0.15) is 36.0 Å². The molecule has 4 rings (SSSR count). The largest absolute Gasteiger partial charge is 0.378 e. The topological polar surface area (TPSA) is 38.8 Å². The molecule has 2 saturated heterocycles. The smallest absolute Gasteiger partial charge is 0.166 e. The Hall–Kier alpha value is -1.39. The summed E-state index contributed by atoms with van der Waals surface area (Å²) in [7, 11) is 0. The van der Waals surface area contributed by atoms with Crippen molar-refractivity contribution in [2.75, 3.05) is 31.3 Å². The van der Waals surface area contributed by atoms with Gasteiger partial charge in [-0.25, -0.2) is 0 Å². The van der Waals surface area contributed by atoms with Crippen molar-refractivity contribution in [1.82, 2.24) is 0 Å². The number of benzene rings is 1. The van der Waals surface area contributed by atoms with E-state index in [1.807, 2.05) is 18.2 Å². The summed E-state index contributed by atoms with van der Waals surface area (Å²) in [6.07, 6.45) is 3.66. The minimum absolute atomic E-state index is 0.0840. The van der Waals surface area contributed by atoms with E-state index in [9.17, 15) is 4.79 Å². The molecular weight excluding hydrogens is 266 g/mol. The molecule has 1 aromatic carbocycles. The van der Waals surface area contributed by atoms with Gasteiger partial charge < -0.3 is 14.4 Å². The number of ketones is 1. The molecular formula is C17H21NO3. The Bertz CT molecular complexity index is 551. The van der Waals surface area contributed by atoms with Crippen LogP contribution in [-0.2, 0) is 9.47 Å². The highest BCUT2D eigenvalue weighted by Gasteiger charge is 2.43. The van der Waals surface area contributed by atoms with Gasteiger partial charge in [-0.15, -0.1) is 0 Å². The molecule has 1 spiro atoms. The fraction of sp³-hybridized carbons (Fsp3) is 0.588. The van der Waals surface area contributed by atoms with Gasteiger partial charge in [-0.05, 0) is 25.0 Å². The lowest BCUT2D eigenvalue weighted by molar-refractivity contribution is -0.0859. The molecule has 0 amide bonds. The molecule has 3 aliphatic rings. The van der Waals surface area contributed by atoms with E-state index >= 15 is 0 Å². The Labute approximate surface area is 125 Å². The van der Waals surface area contributed by atoms with Gasteiger partial charge in [-0.3, -0.25) is 4.79 Å². The summed E-state index contributed by atoms with van der Waals surface area (Å²) in [5.41, 5.74) is 1.90. The number of nitrogens with zero attached hydrogens (tertiary/aromatic N) is 1. The predicted octanol–water partition coefficient (Wildman–Crippen LogP) is 2.42. The van der Waals surface area contributed by atoms with Crippen molar-refractivity contribution < 1.29 is 14.3 Å². The van der Waals surface area contributed by atoms with E-state index in [1.165, 1.54) is 0 Å². The summed E-state index contributed by atoms with van der Waals surface area (Å²) in [5, 5.41) is 0. The second kappa shape index (κ2) is 5.11. The highest BCUT2D eigenvalue weighted by atomic mass is 16.6. The van der Waals surface area contributed by atoms with Crippen molar-refractivity contribution in [2.45, 2.75) is 37.3 Å². The lowest BCUT2D eigenvalue weighted by Crippen LogP contribution is -2.51. The lowest BCUT2D eigenvalue weighted by atomic mass is 9.87. The van der Waals surface area contributed by atoms with Crippen molar-refractivity contribution in [3.8, 4) is 0 Å². The maximum atomic E-state index is 12.1. The monoisotopic (exact) mass is 287 g/mol. The fourth-order valence-electron chi connectivity index (χ4n) is 3.95. The van der Waals surface area contributed by atoms with Crippen molar-refractivity contribution in [3.05, 3.63) is 29.8 Å². The zero-order valence-corrected chi connectivity index (χ0v) is 12.2. The van der Waals surface area contributed by atoms with Crippen LogP contribution in [0.25, 0.3) is 0 Å². The second-order valence-corrected chi connectivity index (χ2v) is 6.36. The molecule has 0 N–H and O–H groups in total. The van der Waals surface area contributed by atoms with Crippen LogP contribution < -0.4 is 4.90 Å². The van der Waals surface area contributed by atoms with Crippen molar-refractivity contribution in [3.63, 3.8) is 0 Å². The molecule has 0 aromatic heterocycles. The molecule has 2 fully saturated rings.